The van der Waals surface area contributed by atoms with Gasteiger partial charge in [-0.3, -0.25) is 0 Å². The van der Waals surface area contributed by atoms with Crippen LogP contribution >= 0.6 is 0 Å². The van der Waals surface area contributed by atoms with E-state index in [-0.39, 0.29) is 5.69 Å². The van der Waals surface area contributed by atoms with Crippen molar-refractivity contribution in [2.45, 2.75) is 0 Å². The van der Waals surface area contributed by atoms with Gasteiger partial charge in [0.2, 0.25) is 0 Å². The van der Waals surface area contributed by atoms with Crippen LogP contribution in [0, 0.1) is 5.21 Å². The van der Waals surface area contributed by atoms with E-state index in [9.17, 15) is 5.21 Å². The van der Waals surface area contributed by atoms with Gasteiger partial charge in [-0.25, -0.2) is 5.21 Å². The maximum Gasteiger partial charge on any atom is 0.192 e. The maximum absolute atomic E-state index is 11.0. The van der Waals surface area contributed by atoms with Gasteiger partial charge < -0.3 is 10.1 Å². The van der Waals surface area contributed by atoms with E-state index in [1.165, 1.54) is 0 Å². The fourth-order valence-corrected chi connectivity index (χ4v) is 1.78. The van der Waals surface area contributed by atoms with Crippen molar-refractivity contribution in [3.63, 3.8) is 0 Å². The summed E-state index contributed by atoms with van der Waals surface area (Å²) in [6.45, 7) is 2.00. The molecule has 1 fully saturated rings. The van der Waals surface area contributed by atoms with Crippen molar-refractivity contribution in [3.05, 3.63) is 29.6 Å². The van der Waals surface area contributed by atoms with E-state index < -0.39 is 5.23 Å². The second-order valence-corrected chi connectivity index (χ2v) is 3.72. The van der Waals surface area contributed by atoms with Gasteiger partial charge in [0.15, 0.2) is 11.2 Å². The minimum Gasteiger partial charge on any atom is -0.595 e. The summed E-state index contributed by atoms with van der Waals surface area (Å²) < 4.78 is 0. The van der Waals surface area contributed by atoms with Gasteiger partial charge in [-0.2, -0.15) is 10.3 Å². The molecule has 0 bridgehead atoms. The molecule has 2 N–H and O–H groups in total. The zero-order chi connectivity index (χ0) is 11.1. The first-order valence-corrected chi connectivity index (χ1v) is 5.00. The van der Waals surface area contributed by atoms with E-state index in [1.54, 1.807) is 18.3 Å². The Balaban J connectivity index is 2.28. The number of nitrogens with one attached hydrogen (secondary N) is 1. The molecule has 82 valence electrons. The van der Waals surface area contributed by atoms with Gasteiger partial charge in [0.1, 0.15) is 0 Å². The van der Waals surface area contributed by atoms with Crippen LogP contribution in [0.2, 0.25) is 0 Å². The number of anilines is 1. The van der Waals surface area contributed by atoms with Crippen molar-refractivity contribution in [2.75, 3.05) is 18.0 Å². The maximum atomic E-state index is 11.0. The van der Waals surface area contributed by atoms with Gasteiger partial charge in [0.05, 0.1) is 11.9 Å². The summed E-state index contributed by atoms with van der Waals surface area (Å²) in [6.07, 6.45) is 1.68. The Bertz CT molecular complexity index is 498. The molecule has 6 heteroatoms. The second kappa shape index (κ2) is 3.38. The van der Waals surface area contributed by atoms with Crippen molar-refractivity contribution in [1.29, 1.82) is 0 Å². The van der Waals surface area contributed by atoms with Crippen LogP contribution in [0.25, 0.3) is 10.9 Å². The van der Waals surface area contributed by atoms with Crippen LogP contribution in [-0.2, 0) is 0 Å². The lowest BCUT2D eigenvalue weighted by Gasteiger charge is -2.14. The van der Waals surface area contributed by atoms with Crippen LogP contribution < -0.4 is 10.1 Å². The van der Waals surface area contributed by atoms with E-state index in [0.29, 0.717) is 5.52 Å². The first kappa shape index (κ1) is 9.46. The molecule has 1 aromatic carbocycles. The molecule has 0 saturated carbocycles. The van der Waals surface area contributed by atoms with Crippen LogP contribution in [0.15, 0.2) is 24.4 Å². The van der Waals surface area contributed by atoms with Gasteiger partial charge in [-0.05, 0) is 0 Å². The Morgan fingerprint density at radius 3 is 2.88 bits per heavy atom. The zero-order valence-electron chi connectivity index (χ0n) is 8.42. The number of benzene rings is 1. The van der Waals surface area contributed by atoms with Crippen LogP contribution in [0.5, 0.6) is 0 Å². The number of hydrogen-bond donors (Lipinski definition) is 2. The zero-order valence-corrected chi connectivity index (χ0v) is 8.42. The fraction of sp³-hybridized carbons (Fsp3) is 0.200. The summed E-state index contributed by atoms with van der Waals surface area (Å²) in [4.78, 5) is 2.13. The summed E-state index contributed by atoms with van der Waals surface area (Å²) in [5.41, 5.74) is 1.63. The molecule has 1 atom stereocenters. The molecule has 3 rings (SSSR count). The Hall–Kier alpha value is -1.76. The second-order valence-electron chi connectivity index (χ2n) is 3.72. The molecule has 0 aliphatic carbocycles. The van der Waals surface area contributed by atoms with Gasteiger partial charge in [-0.1, -0.05) is 12.1 Å². The minimum absolute atomic E-state index is 0.203. The van der Waals surface area contributed by atoms with Gasteiger partial charge >= 0.3 is 0 Å². The lowest BCUT2D eigenvalue weighted by molar-refractivity contribution is -0.990. The molecule has 0 amide bonds. The van der Waals surface area contributed by atoms with Crippen molar-refractivity contribution in [1.82, 2.24) is 10.2 Å². The fourth-order valence-electron chi connectivity index (χ4n) is 1.78. The molecule has 0 radical (unpaired) electrons. The Morgan fingerprint density at radius 2 is 2.19 bits per heavy atom. The van der Waals surface area contributed by atoms with E-state index in [0.717, 1.165) is 24.2 Å². The summed E-state index contributed by atoms with van der Waals surface area (Å²) >= 11 is 0. The predicted octanol–water partition coefficient (Wildman–Crippen LogP) is -0.147. The number of quaternary nitrogens is 1. The highest BCUT2D eigenvalue weighted by Crippen LogP contribution is 2.30. The SMILES string of the molecule is [O-][NH+](O)c1cccc2c(N3CC3)cnnc12. The Morgan fingerprint density at radius 1 is 1.38 bits per heavy atom. The van der Waals surface area contributed by atoms with Crippen LogP contribution in [0.1, 0.15) is 0 Å². The summed E-state index contributed by atoms with van der Waals surface area (Å²) in [7, 11) is 0. The number of rotatable bonds is 2. The molecule has 1 aliphatic heterocycles. The first-order valence-electron chi connectivity index (χ1n) is 5.00. The lowest BCUT2D eigenvalue weighted by Crippen LogP contribution is -2.99. The van der Waals surface area contributed by atoms with Crippen LogP contribution in [-0.4, -0.2) is 28.5 Å². The standard InChI is InChI=1S/C10H10N4O2/c15-14(16)8-3-1-2-7-9(13-4-5-13)6-11-12-10(7)8/h1-3,6,14-15H,4-5H2. The minimum atomic E-state index is -0.970. The largest absolute Gasteiger partial charge is 0.595 e. The molecule has 2 heterocycles. The smallest absolute Gasteiger partial charge is 0.192 e. The summed E-state index contributed by atoms with van der Waals surface area (Å²) in [5, 5.41) is 27.7. The number of fused-ring (bicyclic) bond motifs is 1. The van der Waals surface area contributed by atoms with Crippen LogP contribution in [0.3, 0.4) is 0 Å². The molecular weight excluding hydrogens is 208 g/mol. The van der Waals surface area contributed by atoms with Gasteiger partial charge in [0.25, 0.3) is 0 Å². The molecule has 1 aromatic heterocycles. The average Bonchev–Trinajstić information content (AvgIpc) is 3.11. The molecule has 1 unspecified atom stereocenters. The topological polar surface area (TPSA) is 76.5 Å². The molecule has 0 spiro atoms. The summed E-state index contributed by atoms with van der Waals surface area (Å²) in [6, 6.07) is 5.16. The quantitative estimate of drug-likeness (QED) is 0.541. The molecule has 2 aromatic rings. The van der Waals surface area contributed by atoms with Gasteiger partial charge in [0, 0.05) is 24.5 Å². The Kier molecular flexibility index (Phi) is 2.00. The highest BCUT2D eigenvalue weighted by molar-refractivity contribution is 5.96. The van der Waals surface area contributed by atoms with Crippen molar-refractivity contribution < 1.29 is 10.4 Å². The van der Waals surface area contributed by atoms with E-state index in [1.807, 2.05) is 6.07 Å². The normalized spacial score (nSPS) is 16.5. The third-order valence-corrected chi connectivity index (χ3v) is 2.67. The van der Waals surface area contributed by atoms with Crippen molar-refractivity contribution >= 4 is 22.3 Å². The Labute approximate surface area is 91.3 Å². The third kappa shape index (κ3) is 1.40. The number of aromatic nitrogens is 2. The predicted molar refractivity (Wildman–Crippen MR) is 57.5 cm³/mol. The highest BCUT2D eigenvalue weighted by atomic mass is 16.8. The third-order valence-electron chi connectivity index (χ3n) is 2.67. The van der Waals surface area contributed by atoms with Crippen molar-refractivity contribution in [2.24, 2.45) is 0 Å². The van der Waals surface area contributed by atoms with Crippen molar-refractivity contribution in [3.8, 4) is 0 Å². The van der Waals surface area contributed by atoms with E-state index in [2.05, 4.69) is 15.1 Å². The van der Waals surface area contributed by atoms with Crippen LogP contribution in [0.4, 0.5) is 11.4 Å². The lowest BCUT2D eigenvalue weighted by atomic mass is 10.2. The molecule has 1 aliphatic rings. The first-order chi connectivity index (χ1) is 7.77. The monoisotopic (exact) mass is 218 g/mol. The summed E-state index contributed by atoms with van der Waals surface area (Å²) in [5.74, 6) is 0. The van der Waals surface area contributed by atoms with Gasteiger partial charge in [-0.15, -0.1) is 5.10 Å². The number of nitrogens with zero attached hydrogens (tertiary/aromatic N) is 3. The molecule has 16 heavy (non-hydrogen) atoms. The van der Waals surface area contributed by atoms with E-state index in [4.69, 9.17) is 5.21 Å². The highest BCUT2D eigenvalue weighted by Gasteiger charge is 2.22. The molecule has 6 nitrogen and oxygen atoms in total. The van der Waals surface area contributed by atoms with E-state index >= 15 is 0 Å². The average molecular weight is 218 g/mol. The number of hydrogen-bond acceptors (Lipinski definition) is 5. The molecular formula is C10H10N4O2. The molecule has 1 saturated heterocycles.